The third kappa shape index (κ3) is 6.90. The molecule has 29 heavy (non-hydrogen) atoms. The average molecular weight is 419 g/mol. The normalized spacial score (nSPS) is 16.0. The fourth-order valence-electron chi connectivity index (χ4n) is 3.80. The van der Waals surface area contributed by atoms with Crippen molar-refractivity contribution in [2.75, 3.05) is 18.5 Å². The Morgan fingerprint density at radius 3 is 2.62 bits per heavy atom. The zero-order valence-corrected chi connectivity index (χ0v) is 18.7. The van der Waals surface area contributed by atoms with Crippen molar-refractivity contribution in [2.45, 2.75) is 51.5 Å². The highest BCUT2D eigenvalue weighted by molar-refractivity contribution is 7.15. The standard InChI is InChI=1S/C23H28F2N2.CH5P/c1-3-20-17(7-6-9-19-8-4-5-12-26-19)14-18(24)15-23(20)27-22-11-10-16(2)13-21(22)25;1-2/h3,10-11,13-15,19,26-27H,1,4-9,12H2,2H3;2H2,1H3. The molecule has 1 aliphatic heterocycles. The zero-order chi connectivity index (χ0) is 21.2. The van der Waals surface area contributed by atoms with Gasteiger partial charge in [0.2, 0.25) is 0 Å². The van der Waals surface area contributed by atoms with Gasteiger partial charge in [-0.1, -0.05) is 31.8 Å². The summed E-state index contributed by atoms with van der Waals surface area (Å²) < 4.78 is 28.4. The molecular weight excluding hydrogens is 385 g/mol. The van der Waals surface area contributed by atoms with Crippen molar-refractivity contribution in [3.63, 3.8) is 0 Å². The molecule has 158 valence electrons. The lowest BCUT2D eigenvalue weighted by Crippen LogP contribution is -2.33. The molecule has 3 rings (SSSR count). The first-order chi connectivity index (χ1) is 14.1. The van der Waals surface area contributed by atoms with Gasteiger partial charge in [-0.3, -0.25) is 0 Å². The van der Waals surface area contributed by atoms with Crippen LogP contribution in [0.4, 0.5) is 20.2 Å². The number of benzene rings is 2. The highest BCUT2D eigenvalue weighted by Crippen LogP contribution is 2.29. The predicted molar refractivity (Wildman–Crippen MR) is 125 cm³/mol. The Bertz CT molecular complexity index is 802. The van der Waals surface area contributed by atoms with Gasteiger partial charge in [0, 0.05) is 17.3 Å². The van der Waals surface area contributed by atoms with Crippen LogP contribution < -0.4 is 10.6 Å². The predicted octanol–water partition coefficient (Wildman–Crippen LogP) is 6.62. The minimum Gasteiger partial charge on any atom is -0.353 e. The molecule has 5 heteroatoms. The van der Waals surface area contributed by atoms with Crippen molar-refractivity contribution in [1.29, 1.82) is 0 Å². The molecule has 0 amide bonds. The van der Waals surface area contributed by atoms with Crippen LogP contribution in [0.25, 0.3) is 6.08 Å². The molecule has 0 aromatic heterocycles. The smallest absolute Gasteiger partial charge is 0.146 e. The fraction of sp³-hybridized carbons (Fsp3) is 0.417. The molecule has 0 bridgehead atoms. The van der Waals surface area contributed by atoms with Crippen LogP contribution in [0.2, 0.25) is 0 Å². The number of aryl methyl sites for hydroxylation is 2. The van der Waals surface area contributed by atoms with E-state index in [9.17, 15) is 8.78 Å². The van der Waals surface area contributed by atoms with Crippen LogP contribution in [0.15, 0.2) is 36.9 Å². The van der Waals surface area contributed by atoms with Gasteiger partial charge in [0.05, 0.1) is 5.69 Å². The summed E-state index contributed by atoms with van der Waals surface area (Å²) in [5, 5.41) is 6.59. The van der Waals surface area contributed by atoms with Crippen molar-refractivity contribution < 1.29 is 8.78 Å². The molecule has 2 unspecified atom stereocenters. The van der Waals surface area contributed by atoms with Crippen LogP contribution in [0.5, 0.6) is 0 Å². The van der Waals surface area contributed by atoms with Crippen LogP contribution in [-0.2, 0) is 6.42 Å². The maximum Gasteiger partial charge on any atom is 0.146 e. The van der Waals surface area contributed by atoms with E-state index in [4.69, 9.17) is 0 Å². The Hall–Kier alpha value is -1.77. The second-order valence-corrected chi connectivity index (χ2v) is 7.38. The monoisotopic (exact) mass is 418 g/mol. The Kier molecular flexibility index (Phi) is 9.76. The van der Waals surface area contributed by atoms with Gasteiger partial charge in [0.15, 0.2) is 0 Å². The molecule has 1 saturated heterocycles. The second-order valence-electron chi connectivity index (χ2n) is 7.38. The SMILES string of the molecule is C=Cc1c(CCCC2CCCCN2)cc(F)cc1Nc1ccc(C)cc1F.CP. The van der Waals surface area contributed by atoms with Crippen molar-refractivity contribution in [2.24, 2.45) is 0 Å². The van der Waals surface area contributed by atoms with E-state index < -0.39 is 0 Å². The summed E-state index contributed by atoms with van der Waals surface area (Å²) in [7, 11) is 2.42. The number of hydrogen-bond acceptors (Lipinski definition) is 2. The van der Waals surface area contributed by atoms with Gasteiger partial charge in [-0.25, -0.2) is 8.78 Å². The summed E-state index contributed by atoms with van der Waals surface area (Å²) >= 11 is 0. The highest BCUT2D eigenvalue weighted by atomic mass is 31.0. The number of nitrogens with one attached hydrogen (secondary N) is 2. The lowest BCUT2D eigenvalue weighted by atomic mass is 9.95. The topological polar surface area (TPSA) is 24.1 Å². The third-order valence-corrected chi connectivity index (χ3v) is 5.24. The summed E-state index contributed by atoms with van der Waals surface area (Å²) in [4.78, 5) is 0. The summed E-state index contributed by atoms with van der Waals surface area (Å²) in [5.41, 5.74) is 3.49. The molecule has 0 aliphatic carbocycles. The van der Waals surface area contributed by atoms with Crippen LogP contribution >= 0.6 is 9.24 Å². The van der Waals surface area contributed by atoms with Crippen molar-refractivity contribution >= 4 is 26.7 Å². The molecule has 2 aromatic rings. The van der Waals surface area contributed by atoms with Gasteiger partial charge in [0.1, 0.15) is 11.6 Å². The number of anilines is 2. The number of halogens is 2. The van der Waals surface area contributed by atoms with E-state index in [2.05, 4.69) is 26.5 Å². The fourth-order valence-corrected chi connectivity index (χ4v) is 3.80. The maximum atomic E-state index is 14.2. The molecule has 2 aromatic carbocycles. The quantitative estimate of drug-likeness (QED) is 0.494. The van der Waals surface area contributed by atoms with E-state index in [1.54, 1.807) is 18.2 Å². The third-order valence-electron chi connectivity index (χ3n) is 5.24. The Balaban J connectivity index is 0.00000145. The van der Waals surface area contributed by atoms with Crippen LogP contribution in [0.1, 0.15) is 48.8 Å². The van der Waals surface area contributed by atoms with E-state index in [1.165, 1.54) is 31.4 Å². The van der Waals surface area contributed by atoms with Crippen LogP contribution in [0, 0.1) is 18.6 Å². The molecule has 2 nitrogen and oxygen atoms in total. The van der Waals surface area contributed by atoms with Crippen LogP contribution in [-0.4, -0.2) is 19.3 Å². The first-order valence-electron chi connectivity index (χ1n) is 10.4. The Morgan fingerprint density at radius 2 is 1.97 bits per heavy atom. The molecule has 1 aliphatic rings. The maximum absolute atomic E-state index is 14.2. The van der Waals surface area contributed by atoms with E-state index in [-0.39, 0.29) is 11.6 Å². The Labute approximate surface area is 176 Å². The summed E-state index contributed by atoms with van der Waals surface area (Å²) in [6, 6.07) is 8.52. The van der Waals surface area contributed by atoms with Gasteiger partial charge < -0.3 is 10.6 Å². The molecule has 2 atom stereocenters. The highest BCUT2D eigenvalue weighted by Gasteiger charge is 2.14. The minimum atomic E-state index is -0.348. The van der Waals surface area contributed by atoms with E-state index in [0.29, 0.717) is 17.4 Å². The molecule has 0 spiro atoms. The van der Waals surface area contributed by atoms with Gasteiger partial charge >= 0.3 is 0 Å². The first kappa shape index (κ1) is 23.5. The molecule has 1 fully saturated rings. The van der Waals surface area contributed by atoms with Gasteiger partial charge in [0.25, 0.3) is 0 Å². The van der Waals surface area contributed by atoms with E-state index in [0.717, 1.165) is 42.5 Å². The van der Waals surface area contributed by atoms with E-state index >= 15 is 0 Å². The van der Waals surface area contributed by atoms with Gasteiger partial charge in [-0.05, 0) is 81.0 Å². The number of rotatable bonds is 7. The zero-order valence-electron chi connectivity index (χ0n) is 17.5. The second kappa shape index (κ2) is 12.0. The van der Waals surface area contributed by atoms with Crippen molar-refractivity contribution in [3.8, 4) is 0 Å². The van der Waals surface area contributed by atoms with Crippen molar-refractivity contribution in [1.82, 2.24) is 5.32 Å². The molecule has 2 N–H and O–H groups in total. The number of piperidine rings is 1. The van der Waals surface area contributed by atoms with E-state index in [1.807, 2.05) is 19.7 Å². The first-order valence-corrected chi connectivity index (χ1v) is 11.5. The summed E-state index contributed by atoms with van der Waals surface area (Å²) in [6.07, 6.45) is 8.33. The van der Waals surface area contributed by atoms with Crippen molar-refractivity contribution in [3.05, 3.63) is 65.2 Å². The molecule has 0 radical (unpaired) electrons. The molecule has 0 saturated carbocycles. The van der Waals surface area contributed by atoms with Crippen LogP contribution in [0.3, 0.4) is 0 Å². The molecular formula is C24H33F2N2P. The average Bonchev–Trinajstić information content (AvgIpc) is 2.72. The summed E-state index contributed by atoms with van der Waals surface area (Å²) in [5.74, 6) is -0.666. The largest absolute Gasteiger partial charge is 0.353 e. The Morgan fingerprint density at radius 1 is 1.17 bits per heavy atom. The minimum absolute atomic E-state index is 0.318. The lowest BCUT2D eigenvalue weighted by molar-refractivity contribution is 0.376. The molecule has 1 heterocycles. The number of hydrogen-bond donors (Lipinski definition) is 2. The summed E-state index contributed by atoms with van der Waals surface area (Å²) in [6.45, 7) is 8.74. The van der Waals surface area contributed by atoms with Gasteiger partial charge in [-0.2, -0.15) is 0 Å². The van der Waals surface area contributed by atoms with Gasteiger partial charge in [-0.15, -0.1) is 9.24 Å². The lowest BCUT2D eigenvalue weighted by Gasteiger charge is -2.23.